The van der Waals surface area contributed by atoms with Gasteiger partial charge < -0.3 is 19.0 Å². The van der Waals surface area contributed by atoms with Crippen LogP contribution in [0.3, 0.4) is 0 Å². The molecule has 2 atom stereocenters. The number of nitrogens with zero attached hydrogens (tertiary/aromatic N) is 3. The molecule has 2 saturated heterocycles. The summed E-state index contributed by atoms with van der Waals surface area (Å²) in [6, 6.07) is 11.7. The Morgan fingerprint density at radius 2 is 1.84 bits per heavy atom. The summed E-state index contributed by atoms with van der Waals surface area (Å²) in [6.07, 6.45) is 1.73. The summed E-state index contributed by atoms with van der Waals surface area (Å²) >= 11 is 6.08. The molecule has 0 spiro atoms. The topological polar surface area (TPSA) is 100 Å². The highest BCUT2D eigenvalue weighted by Crippen LogP contribution is 2.30. The van der Waals surface area contributed by atoms with Crippen LogP contribution >= 0.6 is 11.6 Å². The molecular formula is C26H28ClN3O6S. The van der Waals surface area contributed by atoms with Crippen molar-refractivity contribution in [1.29, 1.82) is 0 Å². The van der Waals surface area contributed by atoms with Crippen molar-refractivity contribution in [3.05, 3.63) is 65.6 Å². The number of rotatable bonds is 7. The number of morpholine rings is 1. The van der Waals surface area contributed by atoms with E-state index in [4.69, 9.17) is 20.8 Å². The number of likely N-dealkylation sites (tertiary alicyclic amines) is 1. The van der Waals surface area contributed by atoms with Crippen LogP contribution in [-0.4, -0.2) is 79.3 Å². The number of halogens is 1. The molecule has 9 nitrogen and oxygen atoms in total. The first kappa shape index (κ1) is 25.7. The molecule has 37 heavy (non-hydrogen) atoms. The minimum absolute atomic E-state index is 0.0672. The highest BCUT2D eigenvalue weighted by atomic mass is 35.5. The maximum absolute atomic E-state index is 14.0. The van der Waals surface area contributed by atoms with Crippen molar-refractivity contribution in [1.82, 2.24) is 14.1 Å². The third-order valence-corrected chi connectivity index (χ3v) is 9.06. The van der Waals surface area contributed by atoms with Crippen molar-refractivity contribution in [3.63, 3.8) is 0 Å². The molecule has 1 aromatic heterocycles. The van der Waals surface area contributed by atoms with E-state index >= 15 is 0 Å². The van der Waals surface area contributed by atoms with Crippen molar-refractivity contribution in [2.24, 2.45) is 0 Å². The first-order valence-electron chi connectivity index (χ1n) is 12.2. The van der Waals surface area contributed by atoms with Crippen LogP contribution in [0.2, 0.25) is 5.02 Å². The quantitative estimate of drug-likeness (QED) is 0.452. The molecule has 0 radical (unpaired) electrons. The fourth-order valence-electron chi connectivity index (χ4n) is 4.93. The second-order valence-electron chi connectivity index (χ2n) is 9.23. The van der Waals surface area contributed by atoms with Gasteiger partial charge in [-0.05, 0) is 60.5 Å². The molecule has 2 aliphatic rings. The van der Waals surface area contributed by atoms with Crippen LogP contribution in [0.15, 0.2) is 64.1 Å². The number of ether oxygens (including phenoxy) is 1. The Labute approximate surface area is 220 Å². The fourth-order valence-corrected chi connectivity index (χ4v) is 6.72. The largest absolute Gasteiger partial charge is 0.468 e. The number of carbonyl (C=O) groups excluding carboxylic acids is 2. The highest BCUT2D eigenvalue weighted by molar-refractivity contribution is 7.89. The van der Waals surface area contributed by atoms with E-state index in [-0.39, 0.29) is 30.3 Å². The van der Waals surface area contributed by atoms with Crippen LogP contribution in [0.1, 0.15) is 19.1 Å². The molecule has 11 heteroatoms. The molecule has 3 heterocycles. The van der Waals surface area contributed by atoms with Crippen LogP contribution in [0.25, 0.3) is 10.8 Å². The van der Waals surface area contributed by atoms with Crippen molar-refractivity contribution in [2.75, 3.05) is 32.8 Å². The van der Waals surface area contributed by atoms with E-state index in [0.717, 1.165) is 5.39 Å². The molecular weight excluding hydrogens is 518 g/mol. The second kappa shape index (κ2) is 10.4. The maximum Gasteiger partial charge on any atom is 0.245 e. The number of benzene rings is 2. The van der Waals surface area contributed by atoms with Gasteiger partial charge in [0, 0.05) is 24.7 Å². The first-order valence-corrected chi connectivity index (χ1v) is 14.0. The Bertz CT molecular complexity index is 1400. The van der Waals surface area contributed by atoms with Crippen LogP contribution in [0.5, 0.6) is 0 Å². The molecule has 196 valence electrons. The zero-order valence-corrected chi connectivity index (χ0v) is 22.0. The normalized spacial score (nSPS) is 19.6. The smallest absolute Gasteiger partial charge is 0.245 e. The fraction of sp³-hybridized carbons (Fsp3) is 0.385. The summed E-state index contributed by atoms with van der Waals surface area (Å²) in [5.41, 5.74) is 0. The molecule has 2 amide bonds. The predicted octanol–water partition coefficient (Wildman–Crippen LogP) is 3.13. The van der Waals surface area contributed by atoms with E-state index in [9.17, 15) is 18.0 Å². The zero-order valence-electron chi connectivity index (χ0n) is 20.4. The maximum atomic E-state index is 14.0. The summed E-state index contributed by atoms with van der Waals surface area (Å²) in [4.78, 5) is 29.9. The van der Waals surface area contributed by atoms with E-state index in [1.54, 1.807) is 54.3 Å². The zero-order chi connectivity index (χ0) is 26.2. The van der Waals surface area contributed by atoms with Crippen LogP contribution in [0.4, 0.5) is 0 Å². The summed E-state index contributed by atoms with van der Waals surface area (Å²) in [6.45, 7) is 3.73. The Balaban J connectivity index is 1.44. The van der Waals surface area contributed by atoms with Gasteiger partial charge in [0.25, 0.3) is 0 Å². The minimum atomic E-state index is -4.10. The standard InChI is InChI=1S/C26H28ClN3O6S/c1-18(25(31)28-10-13-35-14-11-28)29-9-8-24(26(29)32)30(17-22-3-2-12-36-22)37(33,34)23-7-5-19-15-21(27)6-4-20(19)16-23/h2-7,12,15-16,18,24H,8-11,13-14,17H2,1H3. The Kier molecular flexibility index (Phi) is 7.26. The van der Waals surface area contributed by atoms with Crippen LogP contribution < -0.4 is 0 Å². The third-order valence-electron chi connectivity index (χ3n) is 6.98. The lowest BCUT2D eigenvalue weighted by molar-refractivity contribution is -0.146. The van der Waals surface area contributed by atoms with Gasteiger partial charge in [0.15, 0.2) is 0 Å². The number of amides is 2. The van der Waals surface area contributed by atoms with Crippen molar-refractivity contribution < 1.29 is 27.2 Å². The average molecular weight is 546 g/mol. The van der Waals surface area contributed by atoms with Crippen LogP contribution in [-0.2, 0) is 30.9 Å². The molecule has 0 saturated carbocycles. The van der Waals surface area contributed by atoms with Crippen molar-refractivity contribution in [3.8, 4) is 0 Å². The number of hydrogen-bond acceptors (Lipinski definition) is 6. The van der Waals surface area contributed by atoms with Gasteiger partial charge in [0.1, 0.15) is 17.8 Å². The first-order chi connectivity index (χ1) is 17.8. The summed E-state index contributed by atoms with van der Waals surface area (Å²) in [7, 11) is -4.10. The lowest BCUT2D eigenvalue weighted by Gasteiger charge is -2.33. The Hall–Kier alpha value is -2.92. The molecule has 2 aliphatic heterocycles. The van der Waals surface area contributed by atoms with E-state index < -0.39 is 28.0 Å². The van der Waals surface area contributed by atoms with Gasteiger partial charge in [-0.25, -0.2) is 8.42 Å². The SMILES string of the molecule is CC(C(=O)N1CCOCC1)N1CCC(N(Cc2ccco2)S(=O)(=O)c2ccc3cc(Cl)ccc3c2)C1=O. The van der Waals surface area contributed by atoms with Crippen molar-refractivity contribution >= 4 is 44.2 Å². The van der Waals surface area contributed by atoms with Gasteiger partial charge >= 0.3 is 0 Å². The summed E-state index contributed by atoms with van der Waals surface area (Å²) < 4.78 is 39.9. The van der Waals surface area contributed by atoms with Gasteiger partial charge in [-0.2, -0.15) is 4.31 Å². The Morgan fingerprint density at radius 1 is 1.11 bits per heavy atom. The summed E-state index contributed by atoms with van der Waals surface area (Å²) in [5.74, 6) is -0.136. The molecule has 0 N–H and O–H groups in total. The van der Waals surface area contributed by atoms with E-state index in [0.29, 0.717) is 42.5 Å². The summed E-state index contributed by atoms with van der Waals surface area (Å²) in [5, 5.41) is 2.08. The molecule has 2 fully saturated rings. The van der Waals surface area contributed by atoms with Crippen molar-refractivity contribution in [2.45, 2.75) is 36.9 Å². The van der Waals surface area contributed by atoms with Gasteiger partial charge in [0.05, 0.1) is 30.9 Å². The number of carbonyl (C=O) groups is 2. The van der Waals surface area contributed by atoms with Gasteiger partial charge in [-0.15, -0.1) is 0 Å². The average Bonchev–Trinajstić information content (AvgIpc) is 3.56. The monoisotopic (exact) mass is 545 g/mol. The third kappa shape index (κ3) is 5.11. The van der Waals surface area contributed by atoms with E-state index in [2.05, 4.69) is 0 Å². The minimum Gasteiger partial charge on any atom is -0.468 e. The second-order valence-corrected chi connectivity index (χ2v) is 11.6. The number of fused-ring (bicyclic) bond motifs is 1. The van der Waals surface area contributed by atoms with Gasteiger partial charge in [0.2, 0.25) is 21.8 Å². The van der Waals surface area contributed by atoms with Crippen LogP contribution in [0, 0.1) is 0 Å². The van der Waals surface area contributed by atoms with Gasteiger partial charge in [-0.1, -0.05) is 23.7 Å². The predicted molar refractivity (Wildman–Crippen MR) is 137 cm³/mol. The molecule has 0 bridgehead atoms. The van der Waals surface area contributed by atoms with Gasteiger partial charge in [-0.3, -0.25) is 9.59 Å². The molecule has 0 aliphatic carbocycles. The highest BCUT2D eigenvalue weighted by Gasteiger charge is 2.45. The molecule has 2 unspecified atom stereocenters. The molecule has 3 aromatic rings. The lowest BCUT2D eigenvalue weighted by atomic mass is 10.1. The van der Waals surface area contributed by atoms with E-state index in [1.807, 2.05) is 0 Å². The lowest BCUT2D eigenvalue weighted by Crippen LogP contribution is -2.53. The number of hydrogen-bond donors (Lipinski definition) is 0. The Morgan fingerprint density at radius 3 is 2.57 bits per heavy atom. The number of furan rings is 1. The van der Waals surface area contributed by atoms with E-state index in [1.165, 1.54) is 21.5 Å². The molecule has 2 aromatic carbocycles. The number of sulfonamides is 1. The molecule has 5 rings (SSSR count).